The lowest BCUT2D eigenvalue weighted by Gasteiger charge is -2.10. The van der Waals surface area contributed by atoms with Gasteiger partial charge in [-0.15, -0.1) is 0 Å². The average molecular weight is 357 g/mol. The van der Waals surface area contributed by atoms with Gasteiger partial charge in [-0.3, -0.25) is 0 Å². The molecule has 4 heteroatoms. The van der Waals surface area contributed by atoms with E-state index in [1.54, 1.807) is 18.2 Å². The molecule has 2 N–H and O–H groups in total. The van der Waals surface area contributed by atoms with Gasteiger partial charge in [0.1, 0.15) is 11.6 Å². The Labute approximate surface area is 117 Å². The van der Waals surface area contributed by atoms with Crippen molar-refractivity contribution in [3.05, 3.63) is 69.3 Å². The van der Waals surface area contributed by atoms with Crippen molar-refractivity contribution in [1.29, 1.82) is 0 Å². The highest BCUT2D eigenvalue weighted by atomic mass is 127. The molecule has 2 rings (SSSR count). The van der Waals surface area contributed by atoms with Crippen molar-refractivity contribution in [2.75, 3.05) is 5.73 Å². The van der Waals surface area contributed by atoms with Crippen LogP contribution in [-0.2, 0) is 0 Å². The summed E-state index contributed by atoms with van der Waals surface area (Å²) in [7, 11) is 0. The first-order valence-electron chi connectivity index (χ1n) is 5.19. The second-order valence-corrected chi connectivity index (χ2v) is 5.00. The molecule has 0 bridgehead atoms. The molecule has 0 atom stereocenters. The van der Waals surface area contributed by atoms with E-state index >= 15 is 0 Å². The van der Waals surface area contributed by atoms with Crippen molar-refractivity contribution in [3.8, 4) is 0 Å². The fraction of sp³-hybridized carbons (Fsp3) is 0. The molecule has 0 saturated carbocycles. The molecule has 2 aromatic rings. The molecule has 0 spiro atoms. The maximum absolute atomic E-state index is 13.7. The van der Waals surface area contributed by atoms with Crippen LogP contribution in [0.2, 0.25) is 0 Å². The van der Waals surface area contributed by atoms with Gasteiger partial charge in [-0.1, -0.05) is 12.6 Å². The molecule has 1 nitrogen and oxygen atoms in total. The lowest BCUT2D eigenvalue weighted by molar-refractivity contribution is 0.581. The monoisotopic (exact) mass is 357 g/mol. The van der Waals surface area contributed by atoms with Crippen LogP contribution in [0.5, 0.6) is 0 Å². The van der Waals surface area contributed by atoms with E-state index in [9.17, 15) is 8.78 Å². The molecule has 2 aromatic carbocycles. The molecule has 0 unspecified atom stereocenters. The van der Waals surface area contributed by atoms with Crippen LogP contribution >= 0.6 is 22.6 Å². The van der Waals surface area contributed by atoms with Crippen LogP contribution < -0.4 is 5.73 Å². The summed E-state index contributed by atoms with van der Waals surface area (Å²) in [6.07, 6.45) is 0. The van der Waals surface area contributed by atoms with E-state index in [4.69, 9.17) is 5.73 Å². The van der Waals surface area contributed by atoms with E-state index in [1.807, 2.05) is 0 Å². The zero-order valence-corrected chi connectivity index (χ0v) is 11.5. The van der Waals surface area contributed by atoms with Gasteiger partial charge in [-0.2, -0.15) is 0 Å². The summed E-state index contributed by atoms with van der Waals surface area (Å²) in [5.41, 5.74) is 7.88. The Bertz CT molecular complexity index is 570. The predicted octanol–water partition coefficient (Wildman–Crippen LogP) is 4.21. The van der Waals surface area contributed by atoms with E-state index in [-0.39, 0.29) is 0 Å². The lowest BCUT2D eigenvalue weighted by Crippen LogP contribution is -1.96. The Morgan fingerprint density at radius 3 is 2.33 bits per heavy atom. The first-order valence-corrected chi connectivity index (χ1v) is 6.26. The van der Waals surface area contributed by atoms with Gasteiger partial charge >= 0.3 is 0 Å². The van der Waals surface area contributed by atoms with Crippen molar-refractivity contribution in [3.63, 3.8) is 0 Å². The second-order valence-electron chi connectivity index (χ2n) is 3.84. The van der Waals surface area contributed by atoms with E-state index in [1.165, 1.54) is 12.1 Å². The molecule has 18 heavy (non-hydrogen) atoms. The van der Waals surface area contributed by atoms with E-state index in [0.29, 0.717) is 16.8 Å². The van der Waals surface area contributed by atoms with Gasteiger partial charge in [0.15, 0.2) is 0 Å². The van der Waals surface area contributed by atoms with Gasteiger partial charge < -0.3 is 5.73 Å². The first kappa shape index (κ1) is 13.0. The Morgan fingerprint density at radius 2 is 1.72 bits per heavy atom. The summed E-state index contributed by atoms with van der Waals surface area (Å²) < 4.78 is 27.4. The van der Waals surface area contributed by atoms with Crippen LogP contribution in [0.15, 0.2) is 43.0 Å². The highest BCUT2D eigenvalue weighted by Crippen LogP contribution is 2.29. The van der Waals surface area contributed by atoms with Gasteiger partial charge in [-0.25, -0.2) is 8.78 Å². The lowest BCUT2D eigenvalue weighted by atomic mass is 9.99. The predicted molar refractivity (Wildman–Crippen MR) is 78.1 cm³/mol. The summed E-state index contributed by atoms with van der Waals surface area (Å²) in [5.74, 6) is -1.22. The number of benzene rings is 2. The number of hydrogen-bond donors (Lipinski definition) is 1. The van der Waals surface area contributed by atoms with Crippen LogP contribution in [0.1, 0.15) is 11.1 Å². The van der Waals surface area contributed by atoms with Crippen LogP contribution in [0, 0.1) is 15.2 Å². The third kappa shape index (κ3) is 2.53. The topological polar surface area (TPSA) is 26.0 Å². The third-order valence-corrected chi connectivity index (χ3v) is 3.47. The van der Waals surface area contributed by atoms with Crippen LogP contribution in [-0.4, -0.2) is 0 Å². The maximum atomic E-state index is 13.7. The number of nitrogens with two attached hydrogens (primary N) is 1. The number of hydrogen-bond acceptors (Lipinski definition) is 1. The molecule has 0 aliphatic heterocycles. The summed E-state index contributed by atoms with van der Waals surface area (Å²) >= 11 is 2.11. The van der Waals surface area contributed by atoms with Crippen LogP contribution in [0.4, 0.5) is 14.5 Å². The third-order valence-electron chi connectivity index (χ3n) is 2.57. The standard InChI is InChI=1S/C14H10F2IN/c1-8(11-4-2-9(15)6-13(11)16)12-5-3-10(18)7-14(12)17/h2-7H,1,18H2. The molecule has 0 saturated heterocycles. The zero-order chi connectivity index (χ0) is 13.3. The minimum Gasteiger partial charge on any atom is -0.399 e. The summed E-state index contributed by atoms with van der Waals surface area (Å²) in [6.45, 7) is 3.87. The zero-order valence-electron chi connectivity index (χ0n) is 9.38. The summed E-state index contributed by atoms with van der Waals surface area (Å²) in [4.78, 5) is 0. The Balaban J connectivity index is 2.48. The molecule has 92 valence electrons. The fourth-order valence-electron chi connectivity index (χ4n) is 1.66. The molecule has 0 radical (unpaired) electrons. The number of halogens is 3. The highest BCUT2D eigenvalue weighted by Gasteiger charge is 2.11. The molecule has 0 aliphatic carbocycles. The maximum Gasteiger partial charge on any atom is 0.133 e. The molecule has 0 fully saturated rings. The number of nitrogen functional groups attached to an aromatic ring is 1. The Kier molecular flexibility index (Phi) is 3.65. The minimum atomic E-state index is -0.618. The molecule has 0 aromatic heterocycles. The average Bonchev–Trinajstić information content (AvgIpc) is 2.28. The van der Waals surface area contributed by atoms with Crippen molar-refractivity contribution in [1.82, 2.24) is 0 Å². The van der Waals surface area contributed by atoms with E-state index in [0.717, 1.165) is 15.2 Å². The van der Waals surface area contributed by atoms with Crippen LogP contribution in [0.3, 0.4) is 0 Å². The summed E-state index contributed by atoms with van der Waals surface area (Å²) in [5, 5.41) is 0. The minimum absolute atomic E-state index is 0.291. The van der Waals surface area contributed by atoms with Crippen molar-refractivity contribution in [2.24, 2.45) is 0 Å². The van der Waals surface area contributed by atoms with Gasteiger partial charge in [0, 0.05) is 20.9 Å². The molecular formula is C14H10F2IN. The molecule has 0 amide bonds. The molecule has 0 heterocycles. The van der Waals surface area contributed by atoms with Crippen molar-refractivity contribution in [2.45, 2.75) is 0 Å². The largest absolute Gasteiger partial charge is 0.399 e. The molecular weight excluding hydrogens is 347 g/mol. The highest BCUT2D eigenvalue weighted by molar-refractivity contribution is 14.1. The van der Waals surface area contributed by atoms with E-state index in [2.05, 4.69) is 29.2 Å². The smallest absolute Gasteiger partial charge is 0.133 e. The van der Waals surface area contributed by atoms with Gasteiger partial charge in [-0.05, 0) is 58.0 Å². The first-order chi connectivity index (χ1) is 8.49. The van der Waals surface area contributed by atoms with Gasteiger partial charge in [0.2, 0.25) is 0 Å². The van der Waals surface area contributed by atoms with E-state index < -0.39 is 11.6 Å². The normalized spacial score (nSPS) is 10.4. The summed E-state index contributed by atoms with van der Waals surface area (Å²) in [6, 6.07) is 8.74. The van der Waals surface area contributed by atoms with Gasteiger partial charge in [0.05, 0.1) is 0 Å². The van der Waals surface area contributed by atoms with Crippen molar-refractivity contribution >= 4 is 33.9 Å². The quantitative estimate of drug-likeness (QED) is 0.632. The SMILES string of the molecule is C=C(c1ccc(F)cc1F)c1ccc(N)cc1I. The molecule has 0 aliphatic rings. The number of rotatable bonds is 2. The second kappa shape index (κ2) is 5.06. The van der Waals surface area contributed by atoms with Crippen LogP contribution in [0.25, 0.3) is 5.57 Å². The fourth-order valence-corrected chi connectivity index (χ4v) is 2.52. The Morgan fingerprint density at radius 1 is 1.06 bits per heavy atom. The van der Waals surface area contributed by atoms with Gasteiger partial charge in [0.25, 0.3) is 0 Å². The Hall–Kier alpha value is -1.43. The number of anilines is 1. The van der Waals surface area contributed by atoms with Crippen molar-refractivity contribution < 1.29 is 8.78 Å².